The topological polar surface area (TPSA) is 73.9 Å². The number of rotatable bonds is 7. The van der Waals surface area contributed by atoms with E-state index in [1.807, 2.05) is 43.0 Å². The van der Waals surface area contributed by atoms with Gasteiger partial charge in [0.25, 0.3) is 0 Å². The first kappa shape index (κ1) is 16.5. The van der Waals surface area contributed by atoms with E-state index in [4.69, 9.17) is 11.6 Å². The lowest BCUT2D eigenvalue weighted by Crippen LogP contribution is -2.38. The van der Waals surface area contributed by atoms with Gasteiger partial charge in [-0.25, -0.2) is 4.98 Å². The first-order valence-corrected chi connectivity index (χ1v) is 7.58. The highest BCUT2D eigenvalue weighted by Gasteiger charge is 2.15. The smallest absolute Gasteiger partial charge is 0.234 e. The molecule has 118 valence electrons. The normalized spacial score (nSPS) is 12.4. The Morgan fingerprint density at radius 2 is 2.23 bits per heavy atom. The van der Waals surface area contributed by atoms with Crippen molar-refractivity contribution in [2.75, 3.05) is 13.1 Å². The molecule has 0 aliphatic rings. The molecule has 0 saturated heterocycles. The van der Waals surface area contributed by atoms with Gasteiger partial charge in [-0.05, 0) is 25.1 Å². The summed E-state index contributed by atoms with van der Waals surface area (Å²) in [5.74, 6) is 0.584. The van der Waals surface area contributed by atoms with Crippen LogP contribution in [0.3, 0.4) is 0 Å². The van der Waals surface area contributed by atoms with Gasteiger partial charge in [0, 0.05) is 11.6 Å². The quantitative estimate of drug-likeness (QED) is 0.819. The minimum atomic E-state index is -0.200. The van der Waals surface area contributed by atoms with E-state index in [0.29, 0.717) is 18.9 Å². The van der Waals surface area contributed by atoms with Gasteiger partial charge >= 0.3 is 0 Å². The molecule has 2 N–H and O–H groups in total. The van der Waals surface area contributed by atoms with E-state index in [-0.39, 0.29) is 11.9 Å². The van der Waals surface area contributed by atoms with E-state index in [1.165, 1.54) is 6.33 Å². The largest absolute Gasteiger partial charge is 0.345 e. The van der Waals surface area contributed by atoms with Crippen LogP contribution in [0.4, 0.5) is 0 Å². The number of nitrogens with one attached hydrogen (secondary N) is 2. The SMILES string of the molecule is CCN(CC(=O)N[C@@H](C)c1ncn[nH]1)Cc1ccccc1Cl. The third-order valence-corrected chi connectivity index (χ3v) is 3.76. The standard InChI is InChI=1S/C15H20ClN5O/c1-3-21(8-12-6-4-5-7-13(12)16)9-14(22)19-11(2)15-17-10-18-20-15/h4-7,10-11H,3,8-9H2,1-2H3,(H,19,22)(H,17,18,20)/t11-/m0/s1. The molecule has 0 aliphatic carbocycles. The first-order valence-electron chi connectivity index (χ1n) is 7.20. The molecule has 7 heteroatoms. The molecule has 1 heterocycles. The van der Waals surface area contributed by atoms with E-state index >= 15 is 0 Å². The van der Waals surface area contributed by atoms with Gasteiger partial charge in [-0.3, -0.25) is 14.8 Å². The molecule has 0 bridgehead atoms. The maximum Gasteiger partial charge on any atom is 0.234 e. The van der Waals surface area contributed by atoms with Crippen LogP contribution in [0.2, 0.25) is 5.02 Å². The number of likely N-dealkylation sites (N-methyl/N-ethyl adjacent to an activating group) is 1. The molecule has 6 nitrogen and oxygen atoms in total. The summed E-state index contributed by atoms with van der Waals surface area (Å²) in [5.41, 5.74) is 1.02. The summed E-state index contributed by atoms with van der Waals surface area (Å²) >= 11 is 6.17. The van der Waals surface area contributed by atoms with Gasteiger partial charge in [0.05, 0.1) is 12.6 Å². The number of aromatic nitrogens is 3. The number of hydrogen-bond donors (Lipinski definition) is 2. The van der Waals surface area contributed by atoms with Gasteiger partial charge in [0.2, 0.25) is 5.91 Å². The fourth-order valence-corrected chi connectivity index (χ4v) is 2.32. The number of halogens is 1. The number of H-pyrrole nitrogens is 1. The van der Waals surface area contributed by atoms with Crippen molar-refractivity contribution in [1.29, 1.82) is 0 Å². The number of amides is 1. The van der Waals surface area contributed by atoms with Crippen LogP contribution in [0.5, 0.6) is 0 Å². The van der Waals surface area contributed by atoms with Crippen molar-refractivity contribution in [2.24, 2.45) is 0 Å². The summed E-state index contributed by atoms with van der Waals surface area (Å²) in [7, 11) is 0. The predicted octanol–water partition coefficient (Wildman–Crippen LogP) is 2.16. The van der Waals surface area contributed by atoms with Crippen LogP contribution in [0.15, 0.2) is 30.6 Å². The Labute approximate surface area is 134 Å². The van der Waals surface area contributed by atoms with Crippen molar-refractivity contribution in [3.63, 3.8) is 0 Å². The molecule has 0 unspecified atom stereocenters. The van der Waals surface area contributed by atoms with Crippen LogP contribution >= 0.6 is 11.6 Å². The Morgan fingerprint density at radius 3 is 2.86 bits per heavy atom. The van der Waals surface area contributed by atoms with Crippen LogP contribution in [0, 0.1) is 0 Å². The summed E-state index contributed by atoms with van der Waals surface area (Å²) in [6.07, 6.45) is 1.42. The zero-order chi connectivity index (χ0) is 15.9. The van der Waals surface area contributed by atoms with Crippen molar-refractivity contribution in [3.05, 3.63) is 47.0 Å². The van der Waals surface area contributed by atoms with Crippen LogP contribution < -0.4 is 5.32 Å². The molecule has 0 radical (unpaired) electrons. The minimum Gasteiger partial charge on any atom is -0.345 e. The number of carbonyl (C=O) groups excluding carboxylic acids is 1. The van der Waals surface area contributed by atoms with E-state index < -0.39 is 0 Å². The Bertz CT molecular complexity index is 602. The highest BCUT2D eigenvalue weighted by Crippen LogP contribution is 2.16. The monoisotopic (exact) mass is 321 g/mol. The molecule has 1 amide bonds. The number of nitrogens with zero attached hydrogens (tertiary/aromatic N) is 3. The number of carbonyl (C=O) groups is 1. The third-order valence-electron chi connectivity index (χ3n) is 3.39. The highest BCUT2D eigenvalue weighted by molar-refractivity contribution is 6.31. The number of benzene rings is 1. The fraction of sp³-hybridized carbons (Fsp3) is 0.400. The van der Waals surface area contributed by atoms with Gasteiger partial charge in [0.1, 0.15) is 12.2 Å². The van der Waals surface area contributed by atoms with Crippen molar-refractivity contribution in [1.82, 2.24) is 25.4 Å². The molecule has 0 spiro atoms. The van der Waals surface area contributed by atoms with Gasteiger partial charge in [-0.1, -0.05) is 36.7 Å². The van der Waals surface area contributed by atoms with Crippen LogP contribution in [-0.4, -0.2) is 39.1 Å². The van der Waals surface area contributed by atoms with Crippen LogP contribution in [0.1, 0.15) is 31.3 Å². The Kier molecular flexibility index (Phi) is 5.91. The van der Waals surface area contributed by atoms with Crippen LogP contribution in [0.25, 0.3) is 0 Å². The Morgan fingerprint density at radius 1 is 1.45 bits per heavy atom. The molecular weight excluding hydrogens is 302 g/mol. The van der Waals surface area contributed by atoms with Crippen molar-refractivity contribution in [2.45, 2.75) is 26.4 Å². The molecule has 1 aromatic heterocycles. The minimum absolute atomic E-state index is 0.0576. The highest BCUT2D eigenvalue weighted by atomic mass is 35.5. The van der Waals surface area contributed by atoms with Gasteiger partial charge in [-0.2, -0.15) is 5.10 Å². The zero-order valence-corrected chi connectivity index (χ0v) is 13.5. The molecule has 0 aliphatic heterocycles. The summed E-state index contributed by atoms with van der Waals surface area (Å²) < 4.78 is 0. The average Bonchev–Trinajstić information content (AvgIpc) is 3.03. The zero-order valence-electron chi connectivity index (χ0n) is 12.7. The lowest BCUT2D eigenvalue weighted by Gasteiger charge is -2.21. The van der Waals surface area contributed by atoms with E-state index in [0.717, 1.165) is 17.1 Å². The summed E-state index contributed by atoms with van der Waals surface area (Å²) in [6, 6.07) is 7.47. The second-order valence-electron chi connectivity index (χ2n) is 5.05. The summed E-state index contributed by atoms with van der Waals surface area (Å²) in [6.45, 7) is 5.59. The van der Waals surface area contributed by atoms with E-state index in [9.17, 15) is 4.79 Å². The summed E-state index contributed by atoms with van der Waals surface area (Å²) in [5, 5.41) is 10.1. The summed E-state index contributed by atoms with van der Waals surface area (Å²) in [4.78, 5) is 18.2. The van der Waals surface area contributed by atoms with Gasteiger partial charge in [0.15, 0.2) is 0 Å². The molecule has 0 saturated carbocycles. The van der Waals surface area contributed by atoms with E-state index in [2.05, 4.69) is 20.5 Å². The second-order valence-corrected chi connectivity index (χ2v) is 5.46. The van der Waals surface area contributed by atoms with E-state index in [1.54, 1.807) is 0 Å². The molecule has 1 aromatic carbocycles. The third kappa shape index (κ3) is 4.54. The average molecular weight is 322 g/mol. The Hall–Kier alpha value is -1.92. The Balaban J connectivity index is 1.89. The van der Waals surface area contributed by atoms with Crippen molar-refractivity contribution < 1.29 is 4.79 Å². The molecule has 2 rings (SSSR count). The van der Waals surface area contributed by atoms with Gasteiger partial charge in [-0.15, -0.1) is 0 Å². The van der Waals surface area contributed by atoms with Gasteiger partial charge < -0.3 is 5.32 Å². The predicted molar refractivity (Wildman–Crippen MR) is 85.3 cm³/mol. The molecule has 22 heavy (non-hydrogen) atoms. The number of hydrogen-bond acceptors (Lipinski definition) is 4. The maximum absolute atomic E-state index is 12.1. The molecule has 0 fully saturated rings. The van der Waals surface area contributed by atoms with Crippen LogP contribution in [-0.2, 0) is 11.3 Å². The lowest BCUT2D eigenvalue weighted by atomic mass is 10.2. The van der Waals surface area contributed by atoms with Crippen molar-refractivity contribution in [3.8, 4) is 0 Å². The van der Waals surface area contributed by atoms with Crippen molar-refractivity contribution >= 4 is 17.5 Å². The maximum atomic E-state index is 12.1. The number of aromatic amines is 1. The fourth-order valence-electron chi connectivity index (χ4n) is 2.13. The lowest BCUT2D eigenvalue weighted by molar-refractivity contribution is -0.123. The molecule has 2 aromatic rings. The second kappa shape index (κ2) is 7.91. The molecular formula is C15H20ClN5O. The molecule has 1 atom stereocenters. The first-order chi connectivity index (χ1) is 10.6.